The molecule has 0 atom stereocenters. The normalized spacial score (nSPS) is 13.4. The van der Waals surface area contributed by atoms with E-state index in [1.54, 1.807) is 30.3 Å². The number of halogens is 1. The molecule has 0 bridgehead atoms. The van der Waals surface area contributed by atoms with E-state index in [-0.39, 0.29) is 11.3 Å². The van der Waals surface area contributed by atoms with Crippen molar-refractivity contribution >= 4 is 28.8 Å². The number of methoxy groups -OCH3 is 1. The summed E-state index contributed by atoms with van der Waals surface area (Å²) in [5.74, 6) is -1.22. The van der Waals surface area contributed by atoms with Gasteiger partial charge in [0.1, 0.15) is 17.3 Å². The molecule has 7 heteroatoms. The number of benzene rings is 3. The number of nitrogens with zero attached hydrogens (tertiary/aromatic N) is 2. The Bertz CT molecular complexity index is 1260. The summed E-state index contributed by atoms with van der Waals surface area (Å²) in [6, 6.07) is 20.6. The maximum Gasteiger partial charge on any atom is 0.282 e. The Hall–Kier alpha value is -4.44. The third-order valence-electron chi connectivity index (χ3n) is 4.81. The summed E-state index contributed by atoms with van der Waals surface area (Å²) >= 11 is 0. The predicted octanol–water partition coefficient (Wildman–Crippen LogP) is 4.10. The minimum Gasteiger partial charge on any atom is -0.496 e. The first-order valence-corrected chi connectivity index (χ1v) is 9.32. The van der Waals surface area contributed by atoms with Gasteiger partial charge in [0.15, 0.2) is 0 Å². The number of carbonyl (C=O) groups excluding carboxylic acids is 2. The van der Waals surface area contributed by atoms with Crippen LogP contribution in [0.4, 0.5) is 15.8 Å². The van der Waals surface area contributed by atoms with Gasteiger partial charge in [0.05, 0.1) is 30.0 Å². The molecule has 0 fully saturated rings. The van der Waals surface area contributed by atoms with E-state index in [0.717, 1.165) is 4.90 Å². The van der Waals surface area contributed by atoms with Gasteiger partial charge in [-0.3, -0.25) is 9.59 Å². The fourth-order valence-electron chi connectivity index (χ4n) is 3.38. The zero-order valence-corrected chi connectivity index (χ0v) is 16.4. The number of anilines is 2. The molecule has 1 aliphatic heterocycles. The van der Waals surface area contributed by atoms with Crippen LogP contribution >= 0.6 is 0 Å². The van der Waals surface area contributed by atoms with Crippen LogP contribution in [0, 0.1) is 17.1 Å². The highest BCUT2D eigenvalue weighted by Crippen LogP contribution is 2.37. The number of hydrogen-bond acceptors (Lipinski definition) is 5. The summed E-state index contributed by atoms with van der Waals surface area (Å²) in [6.07, 6.45) is 0. The van der Waals surface area contributed by atoms with E-state index >= 15 is 0 Å². The molecule has 31 heavy (non-hydrogen) atoms. The van der Waals surface area contributed by atoms with E-state index in [0.29, 0.717) is 28.3 Å². The Morgan fingerprint density at radius 1 is 0.968 bits per heavy atom. The summed E-state index contributed by atoms with van der Waals surface area (Å²) in [5.41, 5.74) is 1.58. The van der Waals surface area contributed by atoms with Crippen LogP contribution in [0.5, 0.6) is 5.75 Å². The Kier molecular flexibility index (Phi) is 5.21. The second-order valence-corrected chi connectivity index (χ2v) is 6.69. The lowest BCUT2D eigenvalue weighted by Gasteiger charge is -2.15. The van der Waals surface area contributed by atoms with E-state index < -0.39 is 17.6 Å². The molecule has 152 valence electrons. The minimum absolute atomic E-state index is 0.00413. The average Bonchev–Trinajstić information content (AvgIpc) is 3.03. The van der Waals surface area contributed by atoms with Crippen LogP contribution < -0.4 is 15.0 Å². The van der Waals surface area contributed by atoms with Crippen molar-refractivity contribution in [2.24, 2.45) is 0 Å². The average molecular weight is 413 g/mol. The molecule has 0 radical (unpaired) electrons. The van der Waals surface area contributed by atoms with Gasteiger partial charge in [0.25, 0.3) is 11.8 Å². The molecule has 1 N–H and O–H groups in total. The first-order chi connectivity index (χ1) is 15.0. The summed E-state index contributed by atoms with van der Waals surface area (Å²) in [4.78, 5) is 27.8. The first kappa shape index (κ1) is 19.9. The minimum atomic E-state index is -0.597. The molecule has 4 rings (SSSR count). The molecule has 0 aliphatic carbocycles. The van der Waals surface area contributed by atoms with E-state index in [4.69, 9.17) is 10.00 Å². The lowest BCUT2D eigenvalue weighted by molar-refractivity contribution is -0.120. The molecule has 0 unspecified atom stereocenters. The second-order valence-electron chi connectivity index (χ2n) is 6.69. The topological polar surface area (TPSA) is 82.4 Å². The molecule has 1 aliphatic rings. The molecule has 3 aromatic rings. The van der Waals surface area contributed by atoms with Crippen LogP contribution in [0.1, 0.15) is 11.1 Å². The monoisotopic (exact) mass is 413 g/mol. The number of para-hydroxylation sites is 1. The van der Waals surface area contributed by atoms with Gasteiger partial charge >= 0.3 is 0 Å². The van der Waals surface area contributed by atoms with Gasteiger partial charge < -0.3 is 10.1 Å². The summed E-state index contributed by atoms with van der Waals surface area (Å²) in [7, 11) is 1.47. The van der Waals surface area contributed by atoms with Crippen molar-refractivity contribution in [1.29, 1.82) is 5.26 Å². The number of carbonyl (C=O) groups is 2. The van der Waals surface area contributed by atoms with Crippen LogP contribution in [-0.2, 0) is 9.59 Å². The van der Waals surface area contributed by atoms with Gasteiger partial charge in [-0.05, 0) is 48.5 Å². The predicted molar refractivity (Wildman–Crippen MR) is 114 cm³/mol. The third-order valence-corrected chi connectivity index (χ3v) is 4.81. The van der Waals surface area contributed by atoms with Crippen LogP contribution in [-0.4, -0.2) is 18.9 Å². The van der Waals surface area contributed by atoms with Crippen molar-refractivity contribution in [3.05, 3.63) is 95.4 Å². The Labute approximate surface area is 177 Å². The fraction of sp³-hybridized carbons (Fsp3) is 0.0417. The molecule has 6 nitrogen and oxygen atoms in total. The third kappa shape index (κ3) is 3.63. The van der Waals surface area contributed by atoms with Crippen molar-refractivity contribution < 1.29 is 18.7 Å². The second kappa shape index (κ2) is 8.13. The van der Waals surface area contributed by atoms with Gasteiger partial charge in [-0.15, -0.1) is 0 Å². The van der Waals surface area contributed by atoms with Crippen molar-refractivity contribution in [3.8, 4) is 11.8 Å². The Morgan fingerprint density at radius 2 is 1.71 bits per heavy atom. The van der Waals surface area contributed by atoms with Crippen molar-refractivity contribution in [1.82, 2.24) is 0 Å². The van der Waals surface area contributed by atoms with Crippen molar-refractivity contribution in [2.45, 2.75) is 0 Å². The van der Waals surface area contributed by atoms with E-state index in [2.05, 4.69) is 5.32 Å². The molecule has 0 spiro atoms. The Morgan fingerprint density at radius 3 is 2.39 bits per heavy atom. The lowest BCUT2D eigenvalue weighted by atomic mass is 10.0. The molecule has 3 aromatic carbocycles. The zero-order chi connectivity index (χ0) is 22.0. The smallest absolute Gasteiger partial charge is 0.282 e. The molecule has 1 heterocycles. The van der Waals surface area contributed by atoms with Crippen LogP contribution in [0.2, 0.25) is 0 Å². The van der Waals surface area contributed by atoms with Crippen LogP contribution in [0.25, 0.3) is 5.57 Å². The fourth-order valence-corrected chi connectivity index (χ4v) is 3.38. The number of imide groups is 1. The highest BCUT2D eigenvalue weighted by atomic mass is 19.1. The maximum atomic E-state index is 13.7. The summed E-state index contributed by atoms with van der Waals surface area (Å²) < 4.78 is 19.1. The zero-order valence-electron chi connectivity index (χ0n) is 16.4. The highest BCUT2D eigenvalue weighted by molar-refractivity contribution is 6.46. The van der Waals surface area contributed by atoms with Gasteiger partial charge in [0.2, 0.25) is 0 Å². The standard InChI is InChI=1S/C24H16FN3O3/c1-31-20-8-3-2-7-19(20)21-22(27-17-6-4-5-16(25)13-17)24(30)28(23(21)29)18-11-9-15(14-26)10-12-18/h2-13,27H,1H3. The highest BCUT2D eigenvalue weighted by Gasteiger charge is 2.41. The largest absolute Gasteiger partial charge is 0.496 e. The van der Waals surface area contributed by atoms with Gasteiger partial charge in [-0.25, -0.2) is 9.29 Å². The molecule has 0 saturated heterocycles. The number of ether oxygens (including phenoxy) is 1. The first-order valence-electron chi connectivity index (χ1n) is 9.32. The van der Waals surface area contributed by atoms with E-state index in [9.17, 15) is 14.0 Å². The molecule has 0 saturated carbocycles. The van der Waals surface area contributed by atoms with Gasteiger partial charge in [-0.1, -0.05) is 24.3 Å². The quantitative estimate of drug-likeness (QED) is 0.637. The van der Waals surface area contributed by atoms with Gasteiger partial charge in [0, 0.05) is 11.3 Å². The maximum absolute atomic E-state index is 13.7. The summed E-state index contributed by atoms with van der Waals surface area (Å²) in [6.45, 7) is 0. The SMILES string of the molecule is COc1ccccc1C1=C(Nc2cccc(F)c2)C(=O)N(c2ccc(C#N)cc2)C1=O. The molecule has 2 amide bonds. The van der Waals surface area contributed by atoms with E-state index in [1.165, 1.54) is 49.6 Å². The number of nitrogens with one attached hydrogen (secondary N) is 1. The number of rotatable bonds is 5. The number of nitriles is 1. The van der Waals surface area contributed by atoms with Crippen LogP contribution in [0.15, 0.2) is 78.5 Å². The van der Waals surface area contributed by atoms with Gasteiger partial charge in [-0.2, -0.15) is 5.26 Å². The number of hydrogen-bond donors (Lipinski definition) is 1. The molecule has 0 aromatic heterocycles. The van der Waals surface area contributed by atoms with E-state index in [1.807, 2.05) is 6.07 Å². The van der Waals surface area contributed by atoms with Crippen molar-refractivity contribution in [3.63, 3.8) is 0 Å². The van der Waals surface area contributed by atoms with Crippen molar-refractivity contribution in [2.75, 3.05) is 17.3 Å². The summed E-state index contributed by atoms with van der Waals surface area (Å²) in [5, 5.41) is 11.9. The molecular weight excluding hydrogens is 397 g/mol. The Balaban J connectivity index is 1.85. The van der Waals surface area contributed by atoms with Crippen LogP contribution in [0.3, 0.4) is 0 Å². The number of amides is 2. The molecular formula is C24H16FN3O3. The lowest BCUT2D eigenvalue weighted by Crippen LogP contribution is -2.32.